The van der Waals surface area contributed by atoms with Crippen molar-refractivity contribution in [1.29, 1.82) is 0 Å². The number of hydrogen-bond acceptors (Lipinski definition) is 7. The number of ether oxygens (including phenoxy) is 1. The van der Waals surface area contributed by atoms with Crippen LogP contribution in [0.1, 0.15) is 22.3 Å². The van der Waals surface area contributed by atoms with Crippen molar-refractivity contribution in [2.45, 2.75) is 19.6 Å². The topological polar surface area (TPSA) is 110 Å². The first-order valence-electron chi connectivity index (χ1n) is 13.3. The first kappa shape index (κ1) is 27.2. The monoisotopic (exact) mass is 579 g/mol. The van der Waals surface area contributed by atoms with Gasteiger partial charge in [0.1, 0.15) is 18.9 Å². The molecule has 0 saturated carbocycles. The first-order chi connectivity index (χ1) is 20.4. The second kappa shape index (κ2) is 11.5. The van der Waals surface area contributed by atoms with Crippen LogP contribution < -0.4 is 4.74 Å². The van der Waals surface area contributed by atoms with E-state index in [0.29, 0.717) is 24.4 Å². The van der Waals surface area contributed by atoms with Crippen LogP contribution in [0.3, 0.4) is 0 Å². The molecule has 0 aliphatic carbocycles. The number of carbonyl (C=O) groups is 3. The highest BCUT2D eigenvalue weighted by atomic mass is 32.2. The van der Waals surface area contributed by atoms with E-state index in [4.69, 9.17) is 4.74 Å². The van der Waals surface area contributed by atoms with E-state index in [0.717, 1.165) is 45.0 Å². The van der Waals surface area contributed by atoms with Crippen molar-refractivity contribution in [1.82, 2.24) is 9.80 Å². The third kappa shape index (κ3) is 5.48. The minimum Gasteiger partial charge on any atom is -0.488 e. The van der Waals surface area contributed by atoms with Gasteiger partial charge in [-0.05, 0) is 69.9 Å². The van der Waals surface area contributed by atoms with Crippen LogP contribution >= 0.6 is 11.8 Å². The number of carbonyl (C=O) groups excluding carboxylic acids is 3. The molecule has 10 heteroatoms. The molecule has 0 aromatic heterocycles. The Balaban J connectivity index is 1.23. The Hall–Kier alpha value is -4.96. The number of benzene rings is 4. The smallest absolute Gasteiger partial charge is 0.294 e. The molecule has 4 aromatic carbocycles. The molecule has 3 amide bonds. The minimum atomic E-state index is -0.523. The van der Waals surface area contributed by atoms with Crippen LogP contribution in [0, 0.1) is 10.1 Å². The standard InChI is InChI=1S/C32H25N3O6S/c36-30(33-16-15-22-5-1-2-7-24(22)18-33)19-34-31(37)29(42-32(34)38)17-27-26-8-4-3-6-23(26)11-14-28(27)41-20-21-9-12-25(13-10-21)35(39)40/h1-14,17H,15-16,18-20H2/b29-17-. The summed E-state index contributed by atoms with van der Waals surface area (Å²) in [7, 11) is 0. The van der Waals surface area contributed by atoms with E-state index in [-0.39, 0.29) is 29.7 Å². The molecule has 6 rings (SSSR count). The highest BCUT2D eigenvalue weighted by Crippen LogP contribution is 2.37. The number of amides is 3. The lowest BCUT2D eigenvalue weighted by molar-refractivity contribution is -0.384. The summed E-state index contributed by atoms with van der Waals surface area (Å²) in [5.74, 6) is -0.308. The van der Waals surface area contributed by atoms with E-state index in [1.165, 1.54) is 17.7 Å². The molecule has 1 fully saturated rings. The van der Waals surface area contributed by atoms with Crippen molar-refractivity contribution in [2.75, 3.05) is 13.1 Å². The Bertz CT molecular complexity index is 1770. The summed E-state index contributed by atoms with van der Waals surface area (Å²) in [6, 6.07) is 25.4. The molecule has 0 unspecified atom stereocenters. The zero-order valence-electron chi connectivity index (χ0n) is 22.4. The number of imide groups is 1. The fraction of sp³-hybridized carbons (Fsp3) is 0.156. The molecule has 0 radical (unpaired) electrons. The maximum Gasteiger partial charge on any atom is 0.294 e. The normalized spacial score (nSPS) is 15.8. The van der Waals surface area contributed by atoms with Crippen LogP contribution in [0.25, 0.3) is 16.8 Å². The van der Waals surface area contributed by atoms with Gasteiger partial charge < -0.3 is 9.64 Å². The molecule has 0 N–H and O–H groups in total. The zero-order valence-corrected chi connectivity index (χ0v) is 23.2. The van der Waals surface area contributed by atoms with Crippen LogP contribution in [-0.2, 0) is 29.2 Å². The second-order valence-electron chi connectivity index (χ2n) is 10.0. The molecule has 2 aliphatic rings. The molecule has 9 nitrogen and oxygen atoms in total. The van der Waals surface area contributed by atoms with Gasteiger partial charge in [0.15, 0.2) is 0 Å². The van der Waals surface area contributed by atoms with E-state index >= 15 is 0 Å². The first-order valence-corrected chi connectivity index (χ1v) is 14.2. The summed E-state index contributed by atoms with van der Waals surface area (Å²) in [5.41, 5.74) is 3.63. The van der Waals surface area contributed by atoms with Crippen molar-refractivity contribution in [3.63, 3.8) is 0 Å². The van der Waals surface area contributed by atoms with Crippen LogP contribution in [0.2, 0.25) is 0 Å². The number of nitro benzene ring substituents is 1. The molecule has 2 heterocycles. The molecule has 42 heavy (non-hydrogen) atoms. The van der Waals surface area contributed by atoms with E-state index in [9.17, 15) is 24.5 Å². The van der Waals surface area contributed by atoms with Crippen LogP contribution in [0.4, 0.5) is 10.5 Å². The van der Waals surface area contributed by atoms with Gasteiger partial charge in [0.25, 0.3) is 16.8 Å². The number of thioether (sulfide) groups is 1. The molecule has 210 valence electrons. The van der Waals surface area contributed by atoms with Crippen molar-refractivity contribution < 1.29 is 24.0 Å². The molecule has 1 saturated heterocycles. The van der Waals surface area contributed by atoms with E-state index in [2.05, 4.69) is 6.07 Å². The lowest BCUT2D eigenvalue weighted by Gasteiger charge is -2.29. The van der Waals surface area contributed by atoms with E-state index < -0.39 is 16.1 Å². The maximum atomic E-state index is 13.4. The quantitative estimate of drug-likeness (QED) is 0.151. The number of hydrogen-bond donors (Lipinski definition) is 0. The Morgan fingerprint density at radius 1 is 0.952 bits per heavy atom. The van der Waals surface area contributed by atoms with Crippen molar-refractivity contribution >= 4 is 51.4 Å². The Morgan fingerprint density at radius 2 is 1.69 bits per heavy atom. The number of fused-ring (bicyclic) bond motifs is 2. The van der Waals surface area contributed by atoms with Gasteiger partial charge in [0.2, 0.25) is 5.91 Å². The third-order valence-corrected chi connectivity index (χ3v) is 8.31. The molecule has 0 spiro atoms. The van der Waals surface area contributed by atoms with E-state index in [1.54, 1.807) is 29.2 Å². The average Bonchev–Trinajstić information content (AvgIpc) is 3.27. The maximum absolute atomic E-state index is 13.4. The van der Waals surface area contributed by atoms with Crippen LogP contribution in [0.5, 0.6) is 5.75 Å². The number of nitrogens with zero attached hydrogens (tertiary/aromatic N) is 3. The third-order valence-electron chi connectivity index (χ3n) is 7.40. The highest BCUT2D eigenvalue weighted by molar-refractivity contribution is 8.18. The molecule has 2 aliphatic heterocycles. The lowest BCUT2D eigenvalue weighted by Crippen LogP contribution is -2.44. The summed E-state index contributed by atoms with van der Waals surface area (Å²) < 4.78 is 6.11. The Labute approximate surface area is 245 Å². The largest absolute Gasteiger partial charge is 0.488 e. The summed E-state index contributed by atoms with van der Waals surface area (Å²) in [6.07, 6.45) is 2.37. The van der Waals surface area contributed by atoms with Crippen LogP contribution in [0.15, 0.2) is 89.8 Å². The van der Waals surface area contributed by atoms with Gasteiger partial charge in [-0.1, -0.05) is 54.6 Å². The molecule has 0 atom stereocenters. The van der Waals surface area contributed by atoms with Gasteiger partial charge >= 0.3 is 0 Å². The number of non-ortho nitro benzene ring substituents is 1. The number of rotatable bonds is 7. The molecule has 4 aromatic rings. The predicted molar refractivity (Wildman–Crippen MR) is 160 cm³/mol. The summed E-state index contributed by atoms with van der Waals surface area (Å²) in [4.78, 5) is 52.8. The summed E-state index contributed by atoms with van der Waals surface area (Å²) >= 11 is 0.798. The molecule has 0 bridgehead atoms. The summed E-state index contributed by atoms with van der Waals surface area (Å²) in [6.45, 7) is 0.815. The van der Waals surface area contributed by atoms with Crippen molar-refractivity contribution in [3.05, 3.63) is 122 Å². The van der Waals surface area contributed by atoms with Gasteiger partial charge in [-0.25, -0.2) is 0 Å². The zero-order chi connectivity index (χ0) is 29.2. The Kier molecular flexibility index (Phi) is 7.45. The molecular formula is C32H25N3O6S. The Morgan fingerprint density at radius 3 is 2.48 bits per heavy atom. The lowest BCUT2D eigenvalue weighted by atomic mass is 10.00. The average molecular weight is 580 g/mol. The van der Waals surface area contributed by atoms with Crippen molar-refractivity contribution in [3.8, 4) is 5.75 Å². The van der Waals surface area contributed by atoms with Crippen LogP contribution in [-0.4, -0.2) is 44.9 Å². The summed E-state index contributed by atoms with van der Waals surface area (Å²) in [5, 5.41) is 12.2. The van der Waals surface area contributed by atoms with Gasteiger partial charge in [0.05, 0.1) is 9.83 Å². The van der Waals surface area contributed by atoms with E-state index in [1.807, 2.05) is 48.5 Å². The number of nitro groups is 1. The minimum absolute atomic E-state index is 0.00976. The van der Waals surface area contributed by atoms with Gasteiger partial charge in [-0.15, -0.1) is 0 Å². The fourth-order valence-corrected chi connectivity index (χ4v) is 5.96. The van der Waals surface area contributed by atoms with Gasteiger partial charge in [-0.2, -0.15) is 0 Å². The SMILES string of the molecule is O=C(CN1C(=O)S/C(=C\c2c(OCc3ccc([N+](=O)[O-])cc3)ccc3ccccc23)C1=O)N1CCc2ccccc2C1. The second-order valence-corrected chi connectivity index (χ2v) is 11.0. The van der Waals surface area contributed by atoms with Gasteiger partial charge in [0, 0.05) is 30.8 Å². The predicted octanol–water partition coefficient (Wildman–Crippen LogP) is 5.95. The molecular weight excluding hydrogens is 554 g/mol. The fourth-order valence-electron chi connectivity index (χ4n) is 5.14. The highest BCUT2D eigenvalue weighted by Gasteiger charge is 2.37. The van der Waals surface area contributed by atoms with Crippen molar-refractivity contribution in [2.24, 2.45) is 0 Å². The van der Waals surface area contributed by atoms with Gasteiger partial charge in [-0.3, -0.25) is 29.4 Å².